The predicted molar refractivity (Wildman–Crippen MR) is 110 cm³/mol. The van der Waals surface area contributed by atoms with Crippen molar-refractivity contribution in [3.05, 3.63) is 65.7 Å². The Morgan fingerprint density at radius 1 is 1.04 bits per heavy atom. The standard InChI is InChI=1S/C24H29NO3/c1-17(20-10-6-7-11-21(20)27-2)23(19-8-4-3-5-9-19)24(26)28-22-16-25-14-12-18(22)13-15-25/h3-11,17-18,22-23H,12-16H2,1-2H3. The van der Waals surface area contributed by atoms with Gasteiger partial charge in [-0.15, -0.1) is 0 Å². The number of benzene rings is 2. The Bertz CT molecular complexity index is 799. The lowest BCUT2D eigenvalue weighted by atomic mass is 9.81. The average Bonchev–Trinajstić information content (AvgIpc) is 2.75. The van der Waals surface area contributed by atoms with E-state index in [1.54, 1.807) is 7.11 Å². The SMILES string of the molecule is COc1ccccc1C(C)C(C(=O)OC1CN2CCC1CC2)c1ccccc1. The van der Waals surface area contributed by atoms with Crippen LogP contribution in [0.2, 0.25) is 0 Å². The van der Waals surface area contributed by atoms with Crippen molar-refractivity contribution in [1.29, 1.82) is 0 Å². The molecule has 3 fully saturated rings. The van der Waals surface area contributed by atoms with Gasteiger partial charge in [0, 0.05) is 12.5 Å². The van der Waals surface area contributed by atoms with E-state index < -0.39 is 0 Å². The van der Waals surface area contributed by atoms with E-state index in [4.69, 9.17) is 9.47 Å². The van der Waals surface area contributed by atoms with E-state index in [-0.39, 0.29) is 23.9 Å². The van der Waals surface area contributed by atoms with Crippen molar-refractivity contribution in [3.8, 4) is 5.75 Å². The number of para-hydroxylation sites is 1. The van der Waals surface area contributed by atoms with Crippen molar-refractivity contribution in [1.82, 2.24) is 4.90 Å². The van der Waals surface area contributed by atoms with Gasteiger partial charge in [-0.1, -0.05) is 55.5 Å². The first-order valence-electron chi connectivity index (χ1n) is 10.3. The minimum Gasteiger partial charge on any atom is -0.496 e. The molecule has 3 heterocycles. The lowest BCUT2D eigenvalue weighted by Crippen LogP contribution is -2.52. The molecule has 0 aliphatic carbocycles. The number of ether oxygens (including phenoxy) is 2. The van der Waals surface area contributed by atoms with Gasteiger partial charge in [-0.3, -0.25) is 9.69 Å². The molecule has 0 aromatic heterocycles. The lowest BCUT2D eigenvalue weighted by Gasteiger charge is -2.44. The van der Waals surface area contributed by atoms with Gasteiger partial charge in [0.1, 0.15) is 11.9 Å². The maximum atomic E-state index is 13.4. The zero-order chi connectivity index (χ0) is 19.5. The van der Waals surface area contributed by atoms with Crippen LogP contribution < -0.4 is 4.74 Å². The largest absolute Gasteiger partial charge is 0.496 e. The number of carbonyl (C=O) groups is 1. The summed E-state index contributed by atoms with van der Waals surface area (Å²) in [5, 5.41) is 0. The summed E-state index contributed by atoms with van der Waals surface area (Å²) < 4.78 is 11.7. The van der Waals surface area contributed by atoms with E-state index in [0.29, 0.717) is 5.92 Å². The third-order valence-corrected chi connectivity index (χ3v) is 6.41. The summed E-state index contributed by atoms with van der Waals surface area (Å²) in [5.74, 6) is 0.793. The maximum absolute atomic E-state index is 13.4. The van der Waals surface area contributed by atoms with Crippen LogP contribution in [0.1, 0.15) is 42.7 Å². The fraction of sp³-hybridized carbons (Fsp3) is 0.458. The quantitative estimate of drug-likeness (QED) is 0.705. The molecule has 0 spiro atoms. The lowest BCUT2D eigenvalue weighted by molar-refractivity contribution is -0.161. The molecule has 2 aromatic rings. The van der Waals surface area contributed by atoms with Gasteiger partial charge in [0.15, 0.2) is 0 Å². The second kappa shape index (κ2) is 8.36. The molecule has 5 rings (SSSR count). The molecular formula is C24H29NO3. The number of rotatable bonds is 6. The summed E-state index contributed by atoms with van der Waals surface area (Å²) >= 11 is 0. The Balaban J connectivity index is 1.61. The summed E-state index contributed by atoms with van der Waals surface area (Å²) in [6.45, 7) is 5.24. The van der Waals surface area contributed by atoms with Crippen molar-refractivity contribution < 1.29 is 14.3 Å². The van der Waals surface area contributed by atoms with Gasteiger partial charge in [0.05, 0.1) is 13.0 Å². The molecule has 3 unspecified atom stereocenters. The number of fused-ring (bicyclic) bond motifs is 3. The molecular weight excluding hydrogens is 350 g/mol. The first-order valence-corrected chi connectivity index (χ1v) is 10.3. The van der Waals surface area contributed by atoms with Crippen molar-refractivity contribution in [3.63, 3.8) is 0 Å². The highest BCUT2D eigenvalue weighted by Crippen LogP contribution is 2.39. The second-order valence-electron chi connectivity index (χ2n) is 8.03. The van der Waals surface area contributed by atoms with Crippen LogP contribution in [0.5, 0.6) is 5.75 Å². The van der Waals surface area contributed by atoms with Gasteiger partial charge in [-0.05, 0) is 49.0 Å². The predicted octanol–water partition coefficient (Wildman–Crippen LogP) is 4.22. The molecule has 3 atom stereocenters. The topological polar surface area (TPSA) is 38.8 Å². The van der Waals surface area contributed by atoms with E-state index in [0.717, 1.165) is 49.4 Å². The number of nitrogens with zero attached hydrogens (tertiary/aromatic N) is 1. The van der Waals surface area contributed by atoms with Crippen LogP contribution in [0.25, 0.3) is 0 Å². The van der Waals surface area contributed by atoms with Crippen molar-refractivity contribution in [2.75, 3.05) is 26.7 Å². The van der Waals surface area contributed by atoms with Crippen LogP contribution in [0.3, 0.4) is 0 Å². The molecule has 2 aromatic carbocycles. The van der Waals surface area contributed by atoms with Gasteiger partial charge in [0.2, 0.25) is 0 Å². The number of hydrogen-bond acceptors (Lipinski definition) is 4. The molecule has 28 heavy (non-hydrogen) atoms. The van der Waals surface area contributed by atoms with Gasteiger partial charge >= 0.3 is 5.97 Å². The fourth-order valence-electron chi connectivity index (χ4n) is 4.78. The van der Waals surface area contributed by atoms with Gasteiger partial charge in [-0.2, -0.15) is 0 Å². The summed E-state index contributed by atoms with van der Waals surface area (Å²) in [7, 11) is 1.68. The van der Waals surface area contributed by atoms with Crippen molar-refractivity contribution in [2.24, 2.45) is 5.92 Å². The zero-order valence-corrected chi connectivity index (χ0v) is 16.7. The van der Waals surface area contributed by atoms with E-state index in [1.807, 2.05) is 54.6 Å². The van der Waals surface area contributed by atoms with Gasteiger partial charge in [-0.25, -0.2) is 0 Å². The third kappa shape index (κ3) is 3.79. The number of piperidine rings is 3. The van der Waals surface area contributed by atoms with E-state index >= 15 is 0 Å². The molecule has 3 saturated heterocycles. The minimum atomic E-state index is -0.354. The molecule has 0 radical (unpaired) electrons. The molecule has 3 aliphatic rings. The summed E-state index contributed by atoms with van der Waals surface area (Å²) in [5.41, 5.74) is 2.02. The Kier molecular flexibility index (Phi) is 5.67. The first-order chi connectivity index (χ1) is 13.7. The van der Waals surface area contributed by atoms with E-state index in [1.165, 1.54) is 0 Å². The highest BCUT2D eigenvalue weighted by atomic mass is 16.5. The van der Waals surface area contributed by atoms with Crippen LogP contribution in [0.15, 0.2) is 54.6 Å². The molecule has 0 saturated carbocycles. The number of methoxy groups -OCH3 is 1. The molecule has 0 N–H and O–H groups in total. The maximum Gasteiger partial charge on any atom is 0.314 e. The molecule has 3 aliphatic heterocycles. The first kappa shape index (κ1) is 19.0. The smallest absolute Gasteiger partial charge is 0.314 e. The number of hydrogen-bond donors (Lipinski definition) is 0. The van der Waals surface area contributed by atoms with Crippen molar-refractivity contribution in [2.45, 2.75) is 37.7 Å². The molecule has 4 nitrogen and oxygen atoms in total. The molecule has 148 valence electrons. The summed E-state index contributed by atoms with van der Waals surface area (Å²) in [6, 6.07) is 17.9. The summed E-state index contributed by atoms with van der Waals surface area (Å²) in [4.78, 5) is 15.8. The fourth-order valence-corrected chi connectivity index (χ4v) is 4.78. The monoisotopic (exact) mass is 379 g/mol. The zero-order valence-electron chi connectivity index (χ0n) is 16.7. The van der Waals surface area contributed by atoms with Crippen LogP contribution in [-0.2, 0) is 9.53 Å². The Morgan fingerprint density at radius 2 is 1.71 bits per heavy atom. The van der Waals surface area contributed by atoms with Crippen LogP contribution in [0, 0.1) is 5.92 Å². The normalized spacial score (nSPS) is 25.7. The van der Waals surface area contributed by atoms with Crippen LogP contribution in [-0.4, -0.2) is 43.7 Å². The summed E-state index contributed by atoms with van der Waals surface area (Å²) in [6.07, 6.45) is 2.29. The Hall–Kier alpha value is -2.33. The minimum absolute atomic E-state index is 0.0195. The number of carbonyl (C=O) groups excluding carboxylic acids is 1. The van der Waals surface area contributed by atoms with Gasteiger partial charge in [0.25, 0.3) is 0 Å². The molecule has 4 heteroatoms. The average molecular weight is 380 g/mol. The highest BCUT2D eigenvalue weighted by molar-refractivity contribution is 5.80. The molecule has 2 bridgehead atoms. The Morgan fingerprint density at radius 3 is 2.36 bits per heavy atom. The number of esters is 1. The van der Waals surface area contributed by atoms with Gasteiger partial charge < -0.3 is 9.47 Å². The van der Waals surface area contributed by atoms with E-state index in [9.17, 15) is 4.79 Å². The second-order valence-corrected chi connectivity index (χ2v) is 8.03. The third-order valence-electron chi connectivity index (χ3n) is 6.41. The van der Waals surface area contributed by atoms with Crippen molar-refractivity contribution >= 4 is 5.97 Å². The van der Waals surface area contributed by atoms with Crippen LogP contribution in [0.4, 0.5) is 0 Å². The molecule has 0 amide bonds. The highest BCUT2D eigenvalue weighted by Gasteiger charge is 2.39. The Labute approximate surface area is 167 Å². The van der Waals surface area contributed by atoms with Crippen LogP contribution >= 0.6 is 0 Å². The van der Waals surface area contributed by atoms with E-state index in [2.05, 4.69) is 11.8 Å².